The molecule has 3 heteroatoms. The summed E-state index contributed by atoms with van der Waals surface area (Å²) >= 11 is 0. The van der Waals surface area contributed by atoms with Crippen molar-refractivity contribution in [3.63, 3.8) is 0 Å². The summed E-state index contributed by atoms with van der Waals surface area (Å²) in [5.74, 6) is 5.12. The Hall–Kier alpha value is -0.380. The monoisotopic (exact) mass is 102 g/mol. The highest BCUT2D eigenvalue weighted by atomic mass is 16.7. The predicted molar refractivity (Wildman–Crippen MR) is 28.1 cm³/mol. The summed E-state index contributed by atoms with van der Waals surface area (Å²) < 4.78 is 0. The van der Waals surface area contributed by atoms with Gasteiger partial charge in [0.1, 0.15) is 0 Å². The quantitative estimate of drug-likeness (QED) is 0.307. The third-order valence-electron chi connectivity index (χ3n) is 0.544. The highest BCUT2D eigenvalue weighted by Crippen LogP contribution is 1.73. The molecule has 0 aromatic rings. The maximum absolute atomic E-state index is 5.12. The molecule has 0 aromatic heterocycles. The lowest BCUT2D eigenvalue weighted by atomic mass is 10.7. The van der Waals surface area contributed by atoms with Gasteiger partial charge in [-0.2, -0.15) is 0 Å². The third kappa shape index (κ3) is 3.45. The van der Waals surface area contributed by atoms with Crippen molar-refractivity contribution in [3.05, 3.63) is 12.7 Å². The molecule has 0 atom stereocenters. The van der Waals surface area contributed by atoms with Crippen LogP contribution in [-0.2, 0) is 4.84 Å². The van der Waals surface area contributed by atoms with Crippen LogP contribution >= 0.6 is 0 Å². The van der Waals surface area contributed by atoms with E-state index in [2.05, 4.69) is 11.4 Å². The molecule has 0 unspecified atom stereocenters. The maximum Gasteiger partial charge on any atom is 0.0591 e. The van der Waals surface area contributed by atoms with Crippen LogP contribution in [0.2, 0.25) is 0 Å². The standard InChI is InChI=1S/C4H10N2O/c1-3-4-6(5)7-2/h3H,1,4-5H2,2H3. The molecule has 0 saturated carbocycles. The van der Waals surface area contributed by atoms with Gasteiger partial charge in [-0.05, 0) is 0 Å². The van der Waals surface area contributed by atoms with Crippen LogP contribution in [0, 0.1) is 0 Å². The first kappa shape index (κ1) is 6.62. The number of hydrogen-bond acceptors (Lipinski definition) is 3. The van der Waals surface area contributed by atoms with Crippen LogP contribution in [0.1, 0.15) is 0 Å². The Morgan fingerprint density at radius 1 is 2.00 bits per heavy atom. The van der Waals surface area contributed by atoms with Crippen LogP contribution in [0.3, 0.4) is 0 Å². The SMILES string of the molecule is C=CCN(N)OC. The van der Waals surface area contributed by atoms with E-state index in [-0.39, 0.29) is 0 Å². The maximum atomic E-state index is 5.12. The van der Waals surface area contributed by atoms with Gasteiger partial charge in [-0.3, -0.25) is 4.84 Å². The minimum absolute atomic E-state index is 0.552. The summed E-state index contributed by atoms with van der Waals surface area (Å²) in [7, 11) is 1.50. The Morgan fingerprint density at radius 3 is 2.71 bits per heavy atom. The zero-order valence-electron chi connectivity index (χ0n) is 4.42. The van der Waals surface area contributed by atoms with Gasteiger partial charge in [-0.1, -0.05) is 6.08 Å². The molecule has 3 nitrogen and oxygen atoms in total. The van der Waals surface area contributed by atoms with E-state index in [1.807, 2.05) is 0 Å². The number of nitrogens with two attached hydrogens (primary N) is 1. The first-order chi connectivity index (χ1) is 3.31. The van der Waals surface area contributed by atoms with Crippen molar-refractivity contribution in [2.75, 3.05) is 13.7 Å². The first-order valence-electron chi connectivity index (χ1n) is 1.98. The lowest BCUT2D eigenvalue weighted by molar-refractivity contribution is -0.124. The van der Waals surface area contributed by atoms with Crippen molar-refractivity contribution in [1.29, 1.82) is 0 Å². The van der Waals surface area contributed by atoms with E-state index < -0.39 is 0 Å². The van der Waals surface area contributed by atoms with E-state index in [0.29, 0.717) is 6.54 Å². The topological polar surface area (TPSA) is 38.5 Å². The molecule has 2 N–H and O–H groups in total. The molecule has 0 saturated heterocycles. The van der Waals surface area contributed by atoms with E-state index >= 15 is 0 Å². The molecular formula is C4H10N2O. The zero-order valence-corrected chi connectivity index (χ0v) is 4.42. The molecular weight excluding hydrogens is 92.1 g/mol. The Kier molecular flexibility index (Phi) is 3.59. The fourth-order valence-electron chi connectivity index (χ4n) is 0.202. The minimum atomic E-state index is 0.552. The second kappa shape index (κ2) is 3.80. The van der Waals surface area contributed by atoms with Crippen molar-refractivity contribution in [2.24, 2.45) is 5.84 Å². The van der Waals surface area contributed by atoms with Crippen molar-refractivity contribution < 1.29 is 4.84 Å². The van der Waals surface area contributed by atoms with Crippen molar-refractivity contribution in [2.45, 2.75) is 0 Å². The first-order valence-corrected chi connectivity index (χ1v) is 1.98. The molecule has 7 heavy (non-hydrogen) atoms. The Labute approximate surface area is 43.3 Å². The molecule has 0 aliphatic carbocycles. The number of rotatable bonds is 3. The second-order valence-corrected chi connectivity index (χ2v) is 1.07. The van der Waals surface area contributed by atoms with E-state index in [4.69, 9.17) is 5.84 Å². The summed E-state index contributed by atoms with van der Waals surface area (Å²) in [6, 6.07) is 0. The fourth-order valence-corrected chi connectivity index (χ4v) is 0.202. The molecule has 0 aromatic carbocycles. The average Bonchev–Trinajstić information content (AvgIpc) is 1.68. The van der Waals surface area contributed by atoms with E-state index in [1.165, 1.54) is 12.3 Å². The van der Waals surface area contributed by atoms with Crippen molar-refractivity contribution >= 4 is 0 Å². The van der Waals surface area contributed by atoms with Crippen LogP contribution < -0.4 is 5.84 Å². The van der Waals surface area contributed by atoms with E-state index in [9.17, 15) is 0 Å². The van der Waals surface area contributed by atoms with Gasteiger partial charge >= 0.3 is 0 Å². The average molecular weight is 102 g/mol. The third-order valence-corrected chi connectivity index (χ3v) is 0.544. The Balaban J connectivity index is 2.98. The van der Waals surface area contributed by atoms with Crippen LogP contribution in [0.25, 0.3) is 0 Å². The Morgan fingerprint density at radius 2 is 2.57 bits per heavy atom. The van der Waals surface area contributed by atoms with Crippen LogP contribution in [0.4, 0.5) is 0 Å². The van der Waals surface area contributed by atoms with Gasteiger partial charge in [-0.15, -0.1) is 11.8 Å². The predicted octanol–water partition coefficient (Wildman–Crippen LogP) is -0.0905. The van der Waals surface area contributed by atoms with Crippen LogP contribution in [0.15, 0.2) is 12.7 Å². The van der Waals surface area contributed by atoms with Gasteiger partial charge in [0, 0.05) is 0 Å². The summed E-state index contributed by atoms with van der Waals surface area (Å²) in [5.41, 5.74) is 0. The summed E-state index contributed by atoms with van der Waals surface area (Å²) in [6.45, 7) is 4.00. The van der Waals surface area contributed by atoms with Gasteiger partial charge in [0.05, 0.1) is 13.7 Å². The van der Waals surface area contributed by atoms with Gasteiger partial charge in [-0.25, -0.2) is 5.84 Å². The highest BCUT2D eigenvalue weighted by molar-refractivity contribution is 4.66. The zero-order chi connectivity index (χ0) is 5.70. The lowest BCUT2D eigenvalue weighted by Gasteiger charge is -2.07. The van der Waals surface area contributed by atoms with Gasteiger partial charge in [0.25, 0.3) is 0 Å². The fraction of sp³-hybridized carbons (Fsp3) is 0.500. The van der Waals surface area contributed by atoms with Gasteiger partial charge in [0.15, 0.2) is 0 Å². The number of hydroxylamine groups is 1. The van der Waals surface area contributed by atoms with Crippen LogP contribution in [-0.4, -0.2) is 18.8 Å². The molecule has 0 heterocycles. The molecule has 0 aliphatic heterocycles. The van der Waals surface area contributed by atoms with Gasteiger partial charge < -0.3 is 0 Å². The van der Waals surface area contributed by atoms with Crippen molar-refractivity contribution in [3.8, 4) is 0 Å². The molecule has 0 aliphatic rings. The summed E-state index contributed by atoms with van der Waals surface area (Å²) in [5, 5.41) is 1.19. The van der Waals surface area contributed by atoms with Crippen LogP contribution in [0.5, 0.6) is 0 Å². The summed E-state index contributed by atoms with van der Waals surface area (Å²) in [6.07, 6.45) is 1.66. The number of nitrogens with zero attached hydrogens (tertiary/aromatic N) is 1. The molecule has 0 fully saturated rings. The second-order valence-electron chi connectivity index (χ2n) is 1.07. The number of hydrogen-bond donors (Lipinski definition) is 1. The van der Waals surface area contributed by atoms with Gasteiger partial charge in [0.2, 0.25) is 0 Å². The van der Waals surface area contributed by atoms with Crippen molar-refractivity contribution in [1.82, 2.24) is 5.17 Å². The summed E-state index contributed by atoms with van der Waals surface area (Å²) in [4.78, 5) is 4.53. The van der Waals surface area contributed by atoms with E-state index in [0.717, 1.165) is 0 Å². The lowest BCUT2D eigenvalue weighted by Crippen LogP contribution is -2.29. The number of hydrazine groups is 1. The normalized spacial score (nSPS) is 9.57. The highest BCUT2D eigenvalue weighted by Gasteiger charge is 1.84. The Bertz CT molecular complexity index is 55.7. The largest absolute Gasteiger partial charge is 0.287 e. The molecule has 0 radical (unpaired) electrons. The smallest absolute Gasteiger partial charge is 0.0591 e. The van der Waals surface area contributed by atoms with E-state index in [1.54, 1.807) is 6.08 Å². The molecule has 0 spiro atoms. The molecule has 0 amide bonds. The molecule has 0 rings (SSSR count). The molecule has 42 valence electrons. The molecule has 0 bridgehead atoms. The minimum Gasteiger partial charge on any atom is -0.287 e.